The third-order valence-electron chi connectivity index (χ3n) is 3.13. The van der Waals surface area contributed by atoms with Crippen LogP contribution in [-0.4, -0.2) is 35.6 Å². The Bertz CT molecular complexity index is 262. The Labute approximate surface area is 103 Å². The van der Waals surface area contributed by atoms with Gasteiger partial charge in [-0.2, -0.15) is 0 Å². The molecule has 0 aliphatic carbocycles. The van der Waals surface area contributed by atoms with Gasteiger partial charge >= 0.3 is 5.97 Å². The number of amides is 1. The Balaban J connectivity index is 4.56. The maximum absolute atomic E-state index is 11.9. The minimum Gasteiger partial charge on any atom is -0.480 e. The van der Waals surface area contributed by atoms with Gasteiger partial charge in [0.1, 0.15) is 5.54 Å². The zero-order valence-corrected chi connectivity index (χ0v) is 11.2. The predicted octanol–water partition coefficient (Wildman–Crippen LogP) is 0.992. The third-order valence-corrected chi connectivity index (χ3v) is 3.13. The highest BCUT2D eigenvalue weighted by atomic mass is 16.4. The molecule has 0 aliphatic rings. The fraction of sp³-hybridized carbons (Fsp3) is 0.833. The van der Waals surface area contributed by atoms with Gasteiger partial charge in [-0.1, -0.05) is 27.7 Å². The molecule has 0 rings (SSSR count). The summed E-state index contributed by atoms with van der Waals surface area (Å²) in [6.45, 7) is 8.65. The van der Waals surface area contributed by atoms with Gasteiger partial charge in [0.2, 0.25) is 5.91 Å². The van der Waals surface area contributed by atoms with Gasteiger partial charge in [0.05, 0.1) is 0 Å². The molecule has 1 amide bonds. The van der Waals surface area contributed by atoms with E-state index in [1.54, 1.807) is 20.8 Å². The first-order valence-corrected chi connectivity index (χ1v) is 6.19. The predicted molar refractivity (Wildman–Crippen MR) is 66.8 cm³/mol. The number of carbonyl (C=O) groups excluding carboxylic acids is 1. The van der Waals surface area contributed by atoms with E-state index < -0.39 is 11.5 Å². The monoisotopic (exact) mass is 244 g/mol. The van der Waals surface area contributed by atoms with Gasteiger partial charge < -0.3 is 15.7 Å². The van der Waals surface area contributed by atoms with E-state index in [1.165, 1.54) is 0 Å². The molecule has 0 aliphatic heterocycles. The molecule has 0 fully saturated rings. The van der Waals surface area contributed by atoms with E-state index in [1.807, 2.05) is 6.92 Å². The number of aliphatic carboxylic acids is 1. The molecule has 0 aromatic rings. The smallest absolute Gasteiger partial charge is 0.329 e. The fourth-order valence-corrected chi connectivity index (χ4v) is 1.60. The van der Waals surface area contributed by atoms with Gasteiger partial charge in [0.25, 0.3) is 0 Å². The summed E-state index contributed by atoms with van der Waals surface area (Å²) >= 11 is 0. The molecule has 0 saturated carbocycles. The number of nitrogens with one attached hydrogen (secondary N) is 2. The summed E-state index contributed by atoms with van der Waals surface area (Å²) in [5.74, 6) is -1.41. The largest absolute Gasteiger partial charge is 0.480 e. The molecule has 0 aromatic heterocycles. The van der Waals surface area contributed by atoms with Crippen LogP contribution in [0.5, 0.6) is 0 Å². The Morgan fingerprint density at radius 2 is 1.76 bits per heavy atom. The summed E-state index contributed by atoms with van der Waals surface area (Å²) in [5, 5.41) is 14.9. The quantitative estimate of drug-likeness (QED) is 0.595. The van der Waals surface area contributed by atoms with Crippen LogP contribution < -0.4 is 10.6 Å². The molecule has 17 heavy (non-hydrogen) atoms. The molecule has 0 radical (unpaired) electrons. The lowest BCUT2D eigenvalue weighted by Gasteiger charge is -2.29. The van der Waals surface area contributed by atoms with Crippen molar-refractivity contribution >= 4 is 11.9 Å². The van der Waals surface area contributed by atoms with E-state index in [0.717, 1.165) is 6.54 Å². The van der Waals surface area contributed by atoms with Crippen LogP contribution in [0.1, 0.15) is 40.5 Å². The second kappa shape index (κ2) is 7.27. The Morgan fingerprint density at radius 3 is 2.12 bits per heavy atom. The molecular weight excluding hydrogens is 220 g/mol. The average molecular weight is 244 g/mol. The van der Waals surface area contributed by atoms with Gasteiger partial charge in [0, 0.05) is 12.5 Å². The molecule has 0 aromatic carbocycles. The van der Waals surface area contributed by atoms with E-state index >= 15 is 0 Å². The van der Waals surface area contributed by atoms with Crippen molar-refractivity contribution in [3.63, 3.8) is 0 Å². The van der Waals surface area contributed by atoms with Crippen LogP contribution >= 0.6 is 0 Å². The van der Waals surface area contributed by atoms with Crippen LogP contribution in [-0.2, 0) is 9.59 Å². The zero-order chi connectivity index (χ0) is 13.5. The number of rotatable bonds is 8. The zero-order valence-electron chi connectivity index (χ0n) is 11.2. The van der Waals surface area contributed by atoms with Crippen molar-refractivity contribution in [3.8, 4) is 0 Å². The SMILES string of the molecule is CCNCC(C)C(=O)NC(CC)(CC)C(=O)O. The maximum atomic E-state index is 11.9. The molecule has 1 unspecified atom stereocenters. The number of hydrogen-bond acceptors (Lipinski definition) is 3. The van der Waals surface area contributed by atoms with Crippen LogP contribution in [0.25, 0.3) is 0 Å². The van der Waals surface area contributed by atoms with Crippen molar-refractivity contribution in [3.05, 3.63) is 0 Å². The van der Waals surface area contributed by atoms with Gasteiger partial charge in [-0.25, -0.2) is 4.79 Å². The molecule has 0 bridgehead atoms. The van der Waals surface area contributed by atoms with Crippen molar-refractivity contribution in [2.75, 3.05) is 13.1 Å². The van der Waals surface area contributed by atoms with Crippen LogP contribution in [0.4, 0.5) is 0 Å². The average Bonchev–Trinajstić information content (AvgIpc) is 2.32. The van der Waals surface area contributed by atoms with Crippen LogP contribution in [0.2, 0.25) is 0 Å². The van der Waals surface area contributed by atoms with Crippen molar-refractivity contribution in [1.82, 2.24) is 10.6 Å². The molecule has 5 heteroatoms. The van der Waals surface area contributed by atoms with Crippen molar-refractivity contribution < 1.29 is 14.7 Å². The van der Waals surface area contributed by atoms with Crippen molar-refractivity contribution in [2.45, 2.75) is 46.1 Å². The van der Waals surface area contributed by atoms with Gasteiger partial charge in [-0.15, -0.1) is 0 Å². The highest BCUT2D eigenvalue weighted by Gasteiger charge is 2.37. The van der Waals surface area contributed by atoms with Crippen LogP contribution in [0, 0.1) is 5.92 Å². The second-order valence-corrected chi connectivity index (χ2v) is 4.29. The summed E-state index contributed by atoms with van der Waals surface area (Å²) < 4.78 is 0. The lowest BCUT2D eigenvalue weighted by atomic mass is 9.92. The molecule has 0 saturated heterocycles. The first-order chi connectivity index (χ1) is 7.93. The van der Waals surface area contributed by atoms with Crippen LogP contribution in [0.15, 0.2) is 0 Å². The molecule has 1 atom stereocenters. The molecule has 3 N–H and O–H groups in total. The number of carboxylic acid groups (broad SMARTS) is 1. The topological polar surface area (TPSA) is 78.4 Å². The highest BCUT2D eigenvalue weighted by Crippen LogP contribution is 2.16. The van der Waals surface area contributed by atoms with Crippen molar-refractivity contribution in [2.24, 2.45) is 5.92 Å². The minimum absolute atomic E-state index is 0.211. The fourth-order valence-electron chi connectivity index (χ4n) is 1.60. The summed E-state index contributed by atoms with van der Waals surface area (Å²) in [6.07, 6.45) is 0.775. The third kappa shape index (κ3) is 4.34. The standard InChI is InChI=1S/C12H24N2O3/c1-5-12(6-2,11(16)17)14-10(15)9(4)8-13-7-3/h9,13H,5-8H2,1-4H3,(H,14,15)(H,16,17). The first-order valence-electron chi connectivity index (χ1n) is 6.19. The van der Waals surface area contributed by atoms with E-state index in [4.69, 9.17) is 0 Å². The number of hydrogen-bond donors (Lipinski definition) is 3. The Hall–Kier alpha value is -1.10. The van der Waals surface area contributed by atoms with Gasteiger partial charge in [-0.05, 0) is 19.4 Å². The second-order valence-electron chi connectivity index (χ2n) is 4.29. The molecular formula is C12H24N2O3. The summed E-state index contributed by atoms with van der Waals surface area (Å²) in [6, 6.07) is 0. The van der Waals surface area contributed by atoms with Gasteiger partial charge in [-0.3, -0.25) is 4.79 Å². The minimum atomic E-state index is -1.13. The highest BCUT2D eigenvalue weighted by molar-refractivity contribution is 5.87. The Kier molecular flexibility index (Phi) is 6.80. The summed E-state index contributed by atoms with van der Waals surface area (Å²) in [5.41, 5.74) is -1.13. The van der Waals surface area contributed by atoms with E-state index in [9.17, 15) is 14.7 Å². The van der Waals surface area contributed by atoms with E-state index in [0.29, 0.717) is 19.4 Å². The summed E-state index contributed by atoms with van der Waals surface area (Å²) in [4.78, 5) is 23.1. The maximum Gasteiger partial charge on any atom is 0.329 e. The normalized spacial score (nSPS) is 13.2. The van der Waals surface area contributed by atoms with Crippen molar-refractivity contribution in [1.29, 1.82) is 0 Å². The van der Waals surface area contributed by atoms with E-state index in [-0.39, 0.29) is 11.8 Å². The first kappa shape index (κ1) is 15.9. The molecule has 0 spiro atoms. The van der Waals surface area contributed by atoms with E-state index in [2.05, 4.69) is 10.6 Å². The Morgan fingerprint density at radius 1 is 1.24 bits per heavy atom. The lowest BCUT2D eigenvalue weighted by Crippen LogP contribution is -2.55. The molecule has 0 heterocycles. The molecule has 100 valence electrons. The number of carboxylic acids is 1. The van der Waals surface area contributed by atoms with Gasteiger partial charge in [0.15, 0.2) is 0 Å². The lowest BCUT2D eigenvalue weighted by molar-refractivity contribution is -0.148. The number of carbonyl (C=O) groups is 2. The van der Waals surface area contributed by atoms with Crippen LogP contribution in [0.3, 0.4) is 0 Å². The summed E-state index contributed by atoms with van der Waals surface area (Å²) in [7, 11) is 0. The molecule has 5 nitrogen and oxygen atoms in total.